The van der Waals surface area contributed by atoms with E-state index in [1.165, 1.54) is 12.1 Å². The van der Waals surface area contributed by atoms with E-state index in [0.717, 1.165) is 11.1 Å². The van der Waals surface area contributed by atoms with Crippen LogP contribution in [0.1, 0.15) is 11.1 Å². The molecule has 0 unspecified atom stereocenters. The van der Waals surface area contributed by atoms with Crippen molar-refractivity contribution in [2.45, 2.75) is 13.3 Å². The van der Waals surface area contributed by atoms with E-state index in [1.807, 2.05) is 13.0 Å². The number of hydrogen-bond acceptors (Lipinski definition) is 3. The SMILES string of the molecule is Cc1ccc(NC(=O)NCCc2ccc(O)c(O)c2)cc1Cl. The standard InChI is InChI=1S/C16H17ClN2O3/c1-10-2-4-12(9-13(10)17)19-16(22)18-7-6-11-3-5-14(20)15(21)8-11/h2-5,8-9,20-21H,6-7H2,1H3,(H2,18,19,22). The predicted octanol–water partition coefficient (Wildman–Crippen LogP) is 3.42. The number of halogens is 1. The molecule has 0 saturated heterocycles. The molecule has 22 heavy (non-hydrogen) atoms. The molecule has 0 spiro atoms. The number of hydrogen-bond donors (Lipinski definition) is 4. The van der Waals surface area contributed by atoms with Crippen molar-refractivity contribution in [3.63, 3.8) is 0 Å². The van der Waals surface area contributed by atoms with Gasteiger partial charge in [0.1, 0.15) is 0 Å². The Morgan fingerprint density at radius 1 is 1.14 bits per heavy atom. The van der Waals surface area contributed by atoms with E-state index >= 15 is 0 Å². The highest BCUT2D eigenvalue weighted by molar-refractivity contribution is 6.31. The summed E-state index contributed by atoms with van der Waals surface area (Å²) >= 11 is 5.99. The summed E-state index contributed by atoms with van der Waals surface area (Å²) in [6.07, 6.45) is 0.538. The Morgan fingerprint density at radius 2 is 1.91 bits per heavy atom. The number of urea groups is 1. The molecule has 0 aliphatic rings. The average molecular weight is 321 g/mol. The third-order valence-corrected chi connectivity index (χ3v) is 3.58. The Morgan fingerprint density at radius 3 is 2.59 bits per heavy atom. The number of anilines is 1. The number of phenols is 2. The maximum atomic E-state index is 11.8. The van der Waals surface area contributed by atoms with Crippen LogP contribution in [0.3, 0.4) is 0 Å². The number of nitrogens with one attached hydrogen (secondary N) is 2. The highest BCUT2D eigenvalue weighted by atomic mass is 35.5. The number of amides is 2. The first kappa shape index (κ1) is 16.0. The molecular formula is C16H17ClN2O3. The van der Waals surface area contributed by atoms with E-state index < -0.39 is 0 Å². The molecule has 2 amide bonds. The molecule has 0 heterocycles. The fourth-order valence-corrected chi connectivity index (χ4v) is 2.07. The number of phenolic OH excluding ortho intramolecular Hbond substituents is 2. The molecule has 2 aromatic rings. The molecule has 0 atom stereocenters. The summed E-state index contributed by atoms with van der Waals surface area (Å²) in [5.74, 6) is -0.332. The van der Waals surface area contributed by atoms with E-state index in [4.69, 9.17) is 11.6 Å². The van der Waals surface area contributed by atoms with Crippen LogP contribution in [0.2, 0.25) is 5.02 Å². The first-order valence-corrected chi connectivity index (χ1v) is 7.15. The van der Waals surface area contributed by atoms with Crippen molar-refractivity contribution in [2.24, 2.45) is 0 Å². The Kier molecular flexibility index (Phi) is 5.12. The molecule has 0 aliphatic carbocycles. The van der Waals surface area contributed by atoms with Crippen molar-refractivity contribution in [1.29, 1.82) is 0 Å². The summed E-state index contributed by atoms with van der Waals surface area (Å²) in [6, 6.07) is 9.54. The molecule has 2 aromatic carbocycles. The van der Waals surface area contributed by atoms with Crippen LogP contribution in [-0.4, -0.2) is 22.8 Å². The van der Waals surface area contributed by atoms with Gasteiger partial charge in [0.25, 0.3) is 0 Å². The number of carbonyl (C=O) groups is 1. The van der Waals surface area contributed by atoms with Gasteiger partial charge in [-0.15, -0.1) is 0 Å². The molecule has 0 radical (unpaired) electrons. The van der Waals surface area contributed by atoms with Crippen molar-refractivity contribution in [3.8, 4) is 11.5 Å². The fraction of sp³-hybridized carbons (Fsp3) is 0.188. The predicted molar refractivity (Wildman–Crippen MR) is 86.7 cm³/mol. The van der Waals surface area contributed by atoms with Crippen molar-refractivity contribution in [1.82, 2.24) is 5.32 Å². The first-order chi connectivity index (χ1) is 10.5. The Labute approximate surface area is 133 Å². The van der Waals surface area contributed by atoms with Gasteiger partial charge in [0.15, 0.2) is 11.5 Å². The second kappa shape index (κ2) is 7.04. The van der Waals surface area contributed by atoms with Crippen LogP contribution in [0.4, 0.5) is 10.5 Å². The highest BCUT2D eigenvalue weighted by Gasteiger charge is 2.04. The second-order valence-corrected chi connectivity index (χ2v) is 5.33. The Balaban J connectivity index is 1.82. The maximum Gasteiger partial charge on any atom is 0.319 e. The lowest BCUT2D eigenvalue weighted by atomic mass is 10.1. The molecule has 0 fully saturated rings. The van der Waals surface area contributed by atoms with Gasteiger partial charge in [-0.1, -0.05) is 23.7 Å². The number of aryl methyl sites for hydroxylation is 1. The van der Waals surface area contributed by atoms with Crippen molar-refractivity contribution >= 4 is 23.3 Å². The molecule has 116 valence electrons. The number of carbonyl (C=O) groups excluding carboxylic acids is 1. The molecule has 2 rings (SSSR count). The number of benzene rings is 2. The topological polar surface area (TPSA) is 81.6 Å². The van der Waals surface area contributed by atoms with Crippen LogP contribution >= 0.6 is 11.6 Å². The van der Waals surface area contributed by atoms with Crippen molar-refractivity contribution in [3.05, 3.63) is 52.5 Å². The van der Waals surface area contributed by atoms with Crippen molar-refractivity contribution < 1.29 is 15.0 Å². The van der Waals surface area contributed by atoms with Gasteiger partial charge in [-0.05, 0) is 48.7 Å². The van der Waals surface area contributed by atoms with Crippen LogP contribution in [0.15, 0.2) is 36.4 Å². The lowest BCUT2D eigenvalue weighted by Crippen LogP contribution is -2.30. The highest BCUT2D eigenvalue weighted by Crippen LogP contribution is 2.24. The van der Waals surface area contributed by atoms with Gasteiger partial charge < -0.3 is 20.8 Å². The third kappa shape index (κ3) is 4.30. The fourth-order valence-electron chi connectivity index (χ4n) is 1.89. The molecule has 5 nitrogen and oxygen atoms in total. The third-order valence-electron chi connectivity index (χ3n) is 3.17. The van der Waals surface area contributed by atoms with Crippen LogP contribution in [0.5, 0.6) is 11.5 Å². The van der Waals surface area contributed by atoms with E-state index in [2.05, 4.69) is 10.6 Å². The Hall–Kier alpha value is -2.40. The molecular weight excluding hydrogens is 304 g/mol. The summed E-state index contributed by atoms with van der Waals surface area (Å²) in [7, 11) is 0. The second-order valence-electron chi connectivity index (χ2n) is 4.92. The minimum absolute atomic E-state index is 0.161. The van der Waals surface area contributed by atoms with Gasteiger partial charge in [0, 0.05) is 17.3 Å². The summed E-state index contributed by atoms with van der Waals surface area (Å²) in [6.45, 7) is 2.29. The van der Waals surface area contributed by atoms with Crippen molar-refractivity contribution in [2.75, 3.05) is 11.9 Å². The van der Waals surface area contributed by atoms with E-state index in [-0.39, 0.29) is 17.5 Å². The van der Waals surface area contributed by atoms with Gasteiger partial charge in [0.2, 0.25) is 0 Å². The van der Waals surface area contributed by atoms with Crippen LogP contribution in [0.25, 0.3) is 0 Å². The quantitative estimate of drug-likeness (QED) is 0.651. The Bertz CT molecular complexity index is 689. The van der Waals surface area contributed by atoms with E-state index in [9.17, 15) is 15.0 Å². The zero-order chi connectivity index (χ0) is 16.1. The van der Waals surface area contributed by atoms with Gasteiger partial charge in [0.05, 0.1) is 0 Å². The smallest absolute Gasteiger partial charge is 0.319 e. The molecule has 0 saturated carbocycles. The van der Waals surface area contributed by atoms with Gasteiger partial charge >= 0.3 is 6.03 Å². The maximum absolute atomic E-state index is 11.8. The molecule has 4 N–H and O–H groups in total. The van der Waals surface area contributed by atoms with Crippen LogP contribution < -0.4 is 10.6 Å². The lowest BCUT2D eigenvalue weighted by Gasteiger charge is -2.09. The van der Waals surface area contributed by atoms with Gasteiger partial charge in [-0.25, -0.2) is 4.79 Å². The van der Waals surface area contributed by atoms with Gasteiger partial charge in [-0.2, -0.15) is 0 Å². The summed E-state index contributed by atoms with van der Waals surface area (Å²) in [5, 5.41) is 24.6. The number of rotatable bonds is 4. The van der Waals surface area contributed by atoms with Crippen LogP contribution in [-0.2, 0) is 6.42 Å². The lowest BCUT2D eigenvalue weighted by molar-refractivity contribution is 0.252. The minimum atomic E-state index is -0.331. The molecule has 0 aromatic heterocycles. The zero-order valence-corrected chi connectivity index (χ0v) is 12.8. The zero-order valence-electron chi connectivity index (χ0n) is 12.1. The molecule has 6 heteroatoms. The summed E-state index contributed by atoms with van der Waals surface area (Å²) < 4.78 is 0. The molecule has 0 bridgehead atoms. The number of aromatic hydroxyl groups is 2. The van der Waals surface area contributed by atoms with E-state index in [1.54, 1.807) is 18.2 Å². The summed E-state index contributed by atoms with van der Waals surface area (Å²) in [4.78, 5) is 11.8. The van der Waals surface area contributed by atoms with Gasteiger partial charge in [-0.3, -0.25) is 0 Å². The van der Waals surface area contributed by atoms with E-state index in [0.29, 0.717) is 23.7 Å². The summed E-state index contributed by atoms with van der Waals surface area (Å²) in [5.41, 5.74) is 2.38. The molecule has 0 aliphatic heterocycles. The monoisotopic (exact) mass is 320 g/mol. The first-order valence-electron chi connectivity index (χ1n) is 6.77. The normalized spacial score (nSPS) is 10.3. The minimum Gasteiger partial charge on any atom is -0.504 e. The van der Waals surface area contributed by atoms with Crippen LogP contribution in [0, 0.1) is 6.92 Å². The average Bonchev–Trinajstić information content (AvgIpc) is 2.47. The largest absolute Gasteiger partial charge is 0.504 e.